The molecule has 0 aliphatic carbocycles. The summed E-state index contributed by atoms with van der Waals surface area (Å²) in [6, 6.07) is 38.0. The van der Waals surface area contributed by atoms with Crippen LogP contribution in [0.4, 0.5) is 0 Å². The number of rotatable bonds is 6. The number of nitrogens with zero attached hydrogens (tertiary/aromatic N) is 2. The highest BCUT2D eigenvalue weighted by Crippen LogP contribution is 2.42. The number of phenols is 2. The second-order valence-electron chi connectivity index (χ2n) is 12.9. The molecule has 8 rings (SSSR count). The van der Waals surface area contributed by atoms with Gasteiger partial charge in [0, 0.05) is 57.5 Å². The third kappa shape index (κ3) is 6.95. The van der Waals surface area contributed by atoms with Crippen molar-refractivity contribution in [2.24, 2.45) is 0 Å². The molecule has 8 heteroatoms. The molecular formula is C42H40Br2N2O4. The molecule has 2 atom stereocenters. The largest absolute Gasteiger partial charge is 0.504 e. The van der Waals surface area contributed by atoms with Crippen molar-refractivity contribution >= 4 is 53.8 Å². The number of hydrogen-bond donors (Lipinski definition) is 2. The zero-order chi connectivity index (χ0) is 34.8. The molecule has 2 aliphatic rings. The van der Waals surface area contributed by atoms with Crippen molar-refractivity contribution in [3.63, 3.8) is 0 Å². The lowest BCUT2D eigenvalue weighted by atomic mass is 9.88. The Morgan fingerprint density at radius 2 is 1.02 bits per heavy atom. The molecule has 0 radical (unpaired) electrons. The van der Waals surface area contributed by atoms with E-state index < -0.39 is 0 Å². The van der Waals surface area contributed by atoms with Gasteiger partial charge in [-0.05, 0) is 105 Å². The van der Waals surface area contributed by atoms with Crippen molar-refractivity contribution in [3.8, 4) is 23.0 Å². The number of methoxy groups -OCH3 is 2. The van der Waals surface area contributed by atoms with Crippen LogP contribution in [-0.2, 0) is 25.7 Å². The summed E-state index contributed by atoms with van der Waals surface area (Å²) in [5.74, 6) is 1.50. The van der Waals surface area contributed by atoms with E-state index in [0.29, 0.717) is 0 Å². The Bertz CT molecular complexity index is 2140. The van der Waals surface area contributed by atoms with E-state index >= 15 is 0 Å². The van der Waals surface area contributed by atoms with Crippen LogP contribution in [0, 0.1) is 0 Å². The van der Waals surface area contributed by atoms with Crippen LogP contribution in [0.15, 0.2) is 109 Å². The van der Waals surface area contributed by atoms with Crippen molar-refractivity contribution in [3.05, 3.63) is 143 Å². The zero-order valence-electron chi connectivity index (χ0n) is 28.2. The van der Waals surface area contributed by atoms with E-state index in [1.807, 2.05) is 0 Å². The summed E-state index contributed by atoms with van der Waals surface area (Å²) >= 11 is 7.47. The van der Waals surface area contributed by atoms with Crippen molar-refractivity contribution in [2.45, 2.75) is 37.8 Å². The van der Waals surface area contributed by atoms with E-state index in [4.69, 9.17) is 9.47 Å². The predicted molar refractivity (Wildman–Crippen MR) is 209 cm³/mol. The highest BCUT2D eigenvalue weighted by atomic mass is 79.9. The van der Waals surface area contributed by atoms with E-state index in [9.17, 15) is 10.2 Å². The van der Waals surface area contributed by atoms with Gasteiger partial charge in [-0.15, -0.1) is 0 Å². The van der Waals surface area contributed by atoms with Crippen LogP contribution in [0.3, 0.4) is 0 Å². The van der Waals surface area contributed by atoms with Gasteiger partial charge in [0.15, 0.2) is 23.0 Å². The Hall–Kier alpha value is -4.08. The molecule has 256 valence electrons. The summed E-state index contributed by atoms with van der Waals surface area (Å²) < 4.78 is 15.5. The molecule has 0 saturated heterocycles. The van der Waals surface area contributed by atoms with Crippen molar-refractivity contribution in [1.29, 1.82) is 0 Å². The summed E-state index contributed by atoms with van der Waals surface area (Å²) in [7, 11) is 3.39. The average Bonchev–Trinajstić information content (AvgIpc) is 3.14. The monoisotopic (exact) mass is 794 g/mol. The van der Waals surface area contributed by atoms with E-state index in [1.54, 1.807) is 26.4 Å². The first-order valence-corrected chi connectivity index (χ1v) is 18.3. The smallest absolute Gasteiger partial charge is 0.161 e. The van der Waals surface area contributed by atoms with E-state index in [0.717, 1.165) is 61.4 Å². The van der Waals surface area contributed by atoms with Crippen LogP contribution in [0.5, 0.6) is 23.0 Å². The number of ether oxygens (including phenoxy) is 2. The lowest BCUT2D eigenvalue weighted by Gasteiger charge is -2.34. The molecule has 6 aromatic carbocycles. The Kier molecular flexibility index (Phi) is 10.3. The van der Waals surface area contributed by atoms with Crippen LogP contribution in [0.2, 0.25) is 0 Å². The number of benzene rings is 6. The molecule has 2 aliphatic heterocycles. The molecule has 0 amide bonds. The number of hydrogen-bond acceptors (Lipinski definition) is 6. The minimum atomic E-state index is -0.0560. The van der Waals surface area contributed by atoms with Crippen molar-refractivity contribution in [1.82, 2.24) is 7.85 Å². The second-order valence-corrected chi connectivity index (χ2v) is 14.7. The fraction of sp³-hybridized carbons (Fsp3) is 0.238. The molecule has 0 saturated carbocycles. The van der Waals surface area contributed by atoms with Gasteiger partial charge in [-0.2, -0.15) is 0 Å². The summed E-state index contributed by atoms with van der Waals surface area (Å²) in [4.78, 5) is 0. The first-order valence-electron chi connectivity index (χ1n) is 16.9. The molecular weight excluding hydrogens is 756 g/mol. The van der Waals surface area contributed by atoms with Gasteiger partial charge in [-0.25, -0.2) is 7.85 Å². The highest BCUT2D eigenvalue weighted by molar-refractivity contribution is 9.07. The maximum absolute atomic E-state index is 9.93. The molecule has 6 nitrogen and oxygen atoms in total. The van der Waals surface area contributed by atoms with Gasteiger partial charge in [0.1, 0.15) is 0 Å². The fourth-order valence-electron chi connectivity index (χ4n) is 7.47. The van der Waals surface area contributed by atoms with Gasteiger partial charge in [-0.3, -0.25) is 0 Å². The molecule has 6 aromatic rings. The summed E-state index contributed by atoms with van der Waals surface area (Å²) in [6.07, 6.45) is 3.62. The van der Waals surface area contributed by atoms with Crippen LogP contribution < -0.4 is 9.47 Å². The van der Waals surface area contributed by atoms with E-state index in [2.05, 4.69) is 137 Å². The quantitative estimate of drug-likeness (QED) is 0.129. The molecule has 0 unspecified atom stereocenters. The normalized spacial score (nSPS) is 17.4. The molecule has 50 heavy (non-hydrogen) atoms. The maximum atomic E-state index is 9.93. The minimum Gasteiger partial charge on any atom is -0.504 e. The van der Waals surface area contributed by atoms with Gasteiger partial charge in [0.05, 0.1) is 14.2 Å². The Balaban J connectivity index is 0.000000157. The number of fused-ring (bicyclic) bond motifs is 4. The third-order valence-electron chi connectivity index (χ3n) is 10.1. The molecule has 0 spiro atoms. The molecule has 0 aromatic heterocycles. The standard InChI is InChI=1S/C22H22BrNO2.C20H18BrNO2/c1-25-21-13-17-10-11-24(23)20(19(17)14-22(21)26-2)12-16-8-5-7-15-6-3-4-9-18(15)16;21-22-9-8-15-11-19(23)20(24)12-17(15)18(22)10-14-6-3-5-13-4-1-2-7-16(13)14/h3-9,13-14,20H,10-12H2,1-2H3;1-7,11-12,18,23-24H,8-10H2/t20-;18-/m00/s1. The SMILES string of the molecule is COc1cc2c(cc1OC)[C@H](Cc1cccc3ccccc13)N(Br)CC2.Oc1cc2c(cc1O)[C@H](Cc1cccc3ccccc13)N(Br)CC2. The first kappa shape index (κ1) is 34.4. The predicted octanol–water partition coefficient (Wildman–Crippen LogP) is 10.0. The first-order chi connectivity index (χ1) is 24.3. The minimum absolute atomic E-state index is 0.0410. The van der Waals surface area contributed by atoms with Crippen molar-refractivity contribution in [2.75, 3.05) is 27.3 Å². The van der Waals surface area contributed by atoms with Crippen LogP contribution in [-0.4, -0.2) is 45.4 Å². The lowest BCUT2D eigenvalue weighted by Crippen LogP contribution is -2.29. The van der Waals surface area contributed by atoms with Gasteiger partial charge >= 0.3 is 0 Å². The maximum Gasteiger partial charge on any atom is 0.161 e. The molecule has 0 bridgehead atoms. The topological polar surface area (TPSA) is 65.4 Å². The Labute approximate surface area is 310 Å². The van der Waals surface area contributed by atoms with E-state index in [1.165, 1.54) is 43.8 Å². The average molecular weight is 797 g/mol. The molecule has 0 fully saturated rings. The zero-order valence-corrected chi connectivity index (χ0v) is 31.3. The van der Waals surface area contributed by atoms with Gasteiger partial charge in [-0.1, -0.05) is 84.9 Å². The lowest BCUT2D eigenvalue weighted by molar-refractivity contribution is 0.334. The molecule has 2 heterocycles. The van der Waals surface area contributed by atoms with Crippen molar-refractivity contribution < 1.29 is 19.7 Å². The van der Waals surface area contributed by atoms with Crippen LogP contribution in [0.25, 0.3) is 21.5 Å². The summed E-state index contributed by atoms with van der Waals surface area (Å²) in [5, 5.41) is 24.8. The third-order valence-corrected chi connectivity index (χ3v) is 11.7. The summed E-state index contributed by atoms with van der Waals surface area (Å²) in [6.45, 7) is 1.84. The highest BCUT2D eigenvalue weighted by Gasteiger charge is 2.29. The number of phenolic OH excluding ortho intramolecular Hbond substituents is 2. The number of aromatic hydroxyl groups is 2. The van der Waals surface area contributed by atoms with Crippen LogP contribution in [0.1, 0.15) is 45.5 Å². The van der Waals surface area contributed by atoms with Gasteiger partial charge < -0.3 is 19.7 Å². The van der Waals surface area contributed by atoms with Crippen LogP contribution >= 0.6 is 32.3 Å². The Morgan fingerprint density at radius 1 is 0.580 bits per heavy atom. The Morgan fingerprint density at radius 3 is 1.56 bits per heavy atom. The second kappa shape index (κ2) is 15.0. The fourth-order valence-corrected chi connectivity index (χ4v) is 8.56. The van der Waals surface area contributed by atoms with Gasteiger partial charge in [0.25, 0.3) is 0 Å². The molecule has 2 N–H and O–H groups in total. The van der Waals surface area contributed by atoms with E-state index in [-0.39, 0.29) is 23.6 Å². The summed E-state index contributed by atoms with van der Waals surface area (Å²) in [5.41, 5.74) is 7.46. The van der Waals surface area contributed by atoms with Gasteiger partial charge in [0.2, 0.25) is 0 Å². The number of halogens is 2.